The van der Waals surface area contributed by atoms with E-state index in [1.807, 2.05) is 0 Å². The molecule has 0 nitrogen and oxygen atoms in total. The summed E-state index contributed by atoms with van der Waals surface area (Å²) < 4.78 is 0. The van der Waals surface area contributed by atoms with Gasteiger partial charge < -0.3 is 0 Å². The number of allylic oxidation sites excluding steroid dienone is 4. The van der Waals surface area contributed by atoms with E-state index in [0.717, 1.165) is 11.8 Å². The van der Waals surface area contributed by atoms with Gasteiger partial charge in [-0.2, -0.15) is 0 Å². The van der Waals surface area contributed by atoms with Crippen molar-refractivity contribution in [2.75, 3.05) is 5.33 Å². The molecule has 0 atom stereocenters. The fourth-order valence-electron chi connectivity index (χ4n) is 1.05. The third-order valence-corrected chi connectivity index (χ3v) is 2.68. The van der Waals surface area contributed by atoms with Gasteiger partial charge in [-0.05, 0) is 33.1 Å². The Morgan fingerprint density at radius 2 is 1.83 bits per heavy atom. The number of hydrogen-bond acceptors (Lipinski definition) is 0. The highest BCUT2D eigenvalue weighted by atomic mass is 79.9. The summed E-state index contributed by atoms with van der Waals surface area (Å²) >= 11 is 3.43. The molecule has 0 aliphatic carbocycles. The second kappa shape index (κ2) is 7.60. The predicted octanol–water partition coefficient (Wildman–Crippen LogP) is 4.46. The zero-order valence-electron chi connectivity index (χ0n) is 8.36. The molecule has 0 aromatic carbocycles. The summed E-state index contributed by atoms with van der Waals surface area (Å²) in [5.41, 5.74) is 2.94. The molecular formula is C11H19Br. The zero-order chi connectivity index (χ0) is 9.40. The molecule has 0 unspecified atom stereocenters. The molecular weight excluding hydrogens is 212 g/mol. The van der Waals surface area contributed by atoms with E-state index < -0.39 is 0 Å². The van der Waals surface area contributed by atoms with Crippen molar-refractivity contribution < 1.29 is 0 Å². The van der Waals surface area contributed by atoms with E-state index in [9.17, 15) is 0 Å². The van der Waals surface area contributed by atoms with Crippen molar-refractivity contribution in [1.82, 2.24) is 0 Å². The van der Waals surface area contributed by atoms with Crippen LogP contribution in [0.5, 0.6) is 0 Å². The Hall–Kier alpha value is -0.0400. The zero-order valence-corrected chi connectivity index (χ0v) is 9.95. The van der Waals surface area contributed by atoms with Crippen LogP contribution < -0.4 is 0 Å². The van der Waals surface area contributed by atoms with Crippen LogP contribution in [0.25, 0.3) is 0 Å². The number of hydrogen-bond donors (Lipinski definition) is 0. The molecule has 0 aromatic heterocycles. The van der Waals surface area contributed by atoms with Crippen LogP contribution in [0.4, 0.5) is 0 Å². The molecule has 1 heteroatoms. The minimum atomic E-state index is 1.00. The molecule has 70 valence electrons. The molecule has 0 heterocycles. The van der Waals surface area contributed by atoms with Gasteiger partial charge in [0, 0.05) is 5.33 Å². The van der Waals surface area contributed by atoms with E-state index in [0.29, 0.717) is 0 Å². The molecule has 0 bridgehead atoms. The highest BCUT2D eigenvalue weighted by Crippen LogP contribution is 2.08. The van der Waals surface area contributed by atoms with Crippen molar-refractivity contribution in [3.05, 3.63) is 23.3 Å². The normalized spacial score (nSPS) is 13.7. The van der Waals surface area contributed by atoms with E-state index in [1.165, 1.54) is 24.0 Å². The van der Waals surface area contributed by atoms with Gasteiger partial charge in [-0.1, -0.05) is 46.2 Å². The Kier molecular flexibility index (Phi) is 7.58. The topological polar surface area (TPSA) is 0 Å². The van der Waals surface area contributed by atoms with Gasteiger partial charge >= 0.3 is 0 Å². The van der Waals surface area contributed by atoms with E-state index in [4.69, 9.17) is 0 Å². The van der Waals surface area contributed by atoms with Crippen molar-refractivity contribution in [3.8, 4) is 0 Å². The maximum Gasteiger partial charge on any atom is 0.0239 e. The molecule has 0 radical (unpaired) electrons. The molecule has 0 spiro atoms. The molecule has 0 saturated heterocycles. The first-order valence-corrected chi connectivity index (χ1v) is 5.70. The van der Waals surface area contributed by atoms with Gasteiger partial charge in [-0.15, -0.1) is 0 Å². The summed E-state index contributed by atoms with van der Waals surface area (Å²) in [6.07, 6.45) is 8.16. The molecule has 0 amide bonds. The molecule has 0 fully saturated rings. The third kappa shape index (κ3) is 6.66. The fourth-order valence-corrected chi connectivity index (χ4v) is 1.28. The van der Waals surface area contributed by atoms with Gasteiger partial charge in [0.1, 0.15) is 0 Å². The van der Waals surface area contributed by atoms with Gasteiger partial charge in [-0.3, -0.25) is 0 Å². The Balaban J connectivity index is 3.62. The average molecular weight is 231 g/mol. The van der Waals surface area contributed by atoms with E-state index >= 15 is 0 Å². The average Bonchev–Trinajstić information content (AvgIpc) is 2.04. The smallest absolute Gasteiger partial charge is 0.0239 e. The molecule has 0 N–H and O–H groups in total. The summed E-state index contributed by atoms with van der Waals surface area (Å²) in [6.45, 7) is 6.55. The van der Waals surface area contributed by atoms with Gasteiger partial charge in [0.2, 0.25) is 0 Å². The molecule has 0 aliphatic heterocycles. The van der Waals surface area contributed by atoms with Crippen LogP contribution in [0.1, 0.15) is 40.0 Å². The summed E-state index contributed by atoms with van der Waals surface area (Å²) in [7, 11) is 0. The quantitative estimate of drug-likeness (QED) is 0.484. The lowest BCUT2D eigenvalue weighted by molar-refractivity contribution is 0.953. The number of halogens is 1. The molecule has 0 aromatic rings. The number of rotatable bonds is 5. The highest BCUT2D eigenvalue weighted by molar-refractivity contribution is 9.09. The van der Waals surface area contributed by atoms with Crippen LogP contribution in [0, 0.1) is 0 Å². The highest BCUT2D eigenvalue weighted by Gasteiger charge is 1.88. The van der Waals surface area contributed by atoms with Gasteiger partial charge in [-0.25, -0.2) is 0 Å². The first-order chi connectivity index (χ1) is 5.70. The minimum Gasteiger partial charge on any atom is -0.0880 e. The van der Waals surface area contributed by atoms with Crippen molar-refractivity contribution in [2.24, 2.45) is 0 Å². The van der Waals surface area contributed by atoms with Gasteiger partial charge in [0.05, 0.1) is 0 Å². The minimum absolute atomic E-state index is 1.00. The van der Waals surface area contributed by atoms with Crippen LogP contribution >= 0.6 is 15.9 Å². The predicted molar refractivity (Wildman–Crippen MR) is 60.8 cm³/mol. The molecule has 0 rings (SSSR count). The standard InChI is InChI=1S/C11H19Br/c1-4-6-10(2)7-5-8-11(3)9-12/h6,8H,4-5,7,9H2,1-3H3/b10-6+,11-8+. The molecule has 0 aliphatic rings. The lowest BCUT2D eigenvalue weighted by Crippen LogP contribution is -1.79. The van der Waals surface area contributed by atoms with Crippen molar-refractivity contribution in [2.45, 2.75) is 40.0 Å². The Bertz CT molecular complexity index is 166. The van der Waals surface area contributed by atoms with Crippen LogP contribution in [0.15, 0.2) is 23.3 Å². The van der Waals surface area contributed by atoms with E-state index in [1.54, 1.807) is 0 Å². The van der Waals surface area contributed by atoms with E-state index in [-0.39, 0.29) is 0 Å². The second-order valence-electron chi connectivity index (χ2n) is 3.18. The maximum absolute atomic E-state index is 3.43. The Morgan fingerprint density at radius 3 is 2.33 bits per heavy atom. The molecule has 12 heavy (non-hydrogen) atoms. The summed E-state index contributed by atoms with van der Waals surface area (Å²) in [5.74, 6) is 0. The lowest BCUT2D eigenvalue weighted by Gasteiger charge is -1.98. The van der Waals surface area contributed by atoms with Crippen LogP contribution in [-0.4, -0.2) is 5.33 Å². The fraction of sp³-hybridized carbons (Fsp3) is 0.636. The van der Waals surface area contributed by atoms with Crippen molar-refractivity contribution in [1.29, 1.82) is 0 Å². The third-order valence-electron chi connectivity index (χ3n) is 1.79. The lowest BCUT2D eigenvalue weighted by atomic mass is 10.1. The van der Waals surface area contributed by atoms with Crippen LogP contribution in [-0.2, 0) is 0 Å². The summed E-state index contributed by atoms with van der Waals surface area (Å²) in [5, 5.41) is 1.00. The van der Waals surface area contributed by atoms with Crippen molar-refractivity contribution >= 4 is 15.9 Å². The Morgan fingerprint density at radius 1 is 1.17 bits per heavy atom. The largest absolute Gasteiger partial charge is 0.0880 e. The number of alkyl halides is 1. The SMILES string of the molecule is CC/C=C(\C)CC/C=C(\C)CBr. The second-order valence-corrected chi connectivity index (χ2v) is 3.74. The first-order valence-electron chi connectivity index (χ1n) is 4.58. The Labute approximate surface area is 84.9 Å². The first kappa shape index (κ1) is 12.0. The molecule has 0 saturated carbocycles. The van der Waals surface area contributed by atoms with Crippen LogP contribution in [0.3, 0.4) is 0 Å². The summed E-state index contributed by atoms with van der Waals surface area (Å²) in [4.78, 5) is 0. The van der Waals surface area contributed by atoms with E-state index in [2.05, 4.69) is 48.9 Å². The van der Waals surface area contributed by atoms with Gasteiger partial charge in [0.25, 0.3) is 0 Å². The van der Waals surface area contributed by atoms with Crippen LogP contribution in [0.2, 0.25) is 0 Å². The maximum atomic E-state index is 3.43. The van der Waals surface area contributed by atoms with Crippen molar-refractivity contribution in [3.63, 3.8) is 0 Å². The van der Waals surface area contributed by atoms with Gasteiger partial charge in [0.15, 0.2) is 0 Å². The monoisotopic (exact) mass is 230 g/mol. The summed E-state index contributed by atoms with van der Waals surface area (Å²) in [6, 6.07) is 0.